The van der Waals surface area contributed by atoms with Crippen LogP contribution in [0.1, 0.15) is 33.4 Å². The molecular weight excluding hydrogens is 368 g/mol. The number of imidazole rings is 1. The largest absolute Gasteiger partial charge is 0.451 e. The van der Waals surface area contributed by atoms with E-state index < -0.39 is 41.8 Å². The molecule has 1 fully saturated rings. The van der Waals surface area contributed by atoms with Crippen molar-refractivity contribution in [3.63, 3.8) is 0 Å². The highest BCUT2D eigenvalue weighted by atomic mass is 19.3. The lowest BCUT2D eigenvalue weighted by Gasteiger charge is -2.23. The maximum absolute atomic E-state index is 14.6. The van der Waals surface area contributed by atoms with Crippen LogP contribution in [0.3, 0.4) is 0 Å². The molecule has 27 heavy (non-hydrogen) atoms. The van der Waals surface area contributed by atoms with Gasteiger partial charge in [0.25, 0.3) is 5.56 Å². The number of amides is 1. The Balaban J connectivity index is 2.12. The highest BCUT2D eigenvalue weighted by molar-refractivity contribution is 5.87. The third kappa shape index (κ3) is 3.27. The third-order valence-corrected chi connectivity index (χ3v) is 4.04. The average molecular weight is 385 g/mol. The molecule has 3 heterocycles. The number of aromatic nitrogens is 4. The lowest BCUT2D eigenvalue weighted by molar-refractivity contribution is -0.170. The van der Waals surface area contributed by atoms with Gasteiger partial charge in [-0.2, -0.15) is 13.8 Å². The maximum Gasteiger partial charge on any atom is 0.314 e. The predicted molar refractivity (Wildman–Crippen MR) is 87.2 cm³/mol. The molecule has 3 rings (SSSR count). The van der Waals surface area contributed by atoms with E-state index in [4.69, 9.17) is 9.47 Å². The molecule has 12 heteroatoms. The van der Waals surface area contributed by atoms with Gasteiger partial charge in [-0.3, -0.25) is 29.3 Å². The average Bonchev–Trinajstić information content (AvgIpc) is 3.06. The minimum absolute atomic E-state index is 0.0287. The first kappa shape index (κ1) is 18.9. The van der Waals surface area contributed by atoms with Gasteiger partial charge in [0.1, 0.15) is 6.10 Å². The number of halogens is 2. The fraction of sp³-hybridized carbons (Fsp3) is 0.533. The van der Waals surface area contributed by atoms with Crippen molar-refractivity contribution >= 4 is 29.0 Å². The molecule has 1 saturated heterocycles. The van der Waals surface area contributed by atoms with Crippen molar-refractivity contribution in [1.29, 1.82) is 0 Å². The monoisotopic (exact) mass is 385 g/mol. The molecule has 146 valence electrons. The Kier molecular flexibility index (Phi) is 4.68. The first-order chi connectivity index (χ1) is 12.6. The number of esters is 1. The smallest absolute Gasteiger partial charge is 0.314 e. The van der Waals surface area contributed by atoms with Crippen molar-refractivity contribution in [3.8, 4) is 0 Å². The molecule has 0 bridgehead atoms. The van der Waals surface area contributed by atoms with Gasteiger partial charge < -0.3 is 9.47 Å². The molecule has 3 atom stereocenters. The van der Waals surface area contributed by atoms with Gasteiger partial charge >= 0.3 is 11.9 Å². The first-order valence-corrected chi connectivity index (χ1v) is 8.10. The Morgan fingerprint density at radius 2 is 2.15 bits per heavy atom. The summed E-state index contributed by atoms with van der Waals surface area (Å²) >= 11 is 0. The summed E-state index contributed by atoms with van der Waals surface area (Å²) in [6.45, 7) is 3.73. The van der Waals surface area contributed by atoms with Crippen LogP contribution >= 0.6 is 0 Å². The fourth-order valence-corrected chi connectivity index (χ4v) is 2.94. The van der Waals surface area contributed by atoms with Crippen LogP contribution in [0.2, 0.25) is 0 Å². The van der Waals surface area contributed by atoms with Crippen molar-refractivity contribution < 1.29 is 27.8 Å². The molecule has 0 unspecified atom stereocenters. The van der Waals surface area contributed by atoms with Crippen molar-refractivity contribution in [3.05, 3.63) is 16.7 Å². The van der Waals surface area contributed by atoms with Crippen LogP contribution < -0.4 is 10.9 Å². The molecule has 0 saturated carbocycles. The van der Waals surface area contributed by atoms with E-state index >= 15 is 0 Å². The highest BCUT2D eigenvalue weighted by Crippen LogP contribution is 2.44. The topological polar surface area (TPSA) is 128 Å². The van der Waals surface area contributed by atoms with Gasteiger partial charge in [-0.25, -0.2) is 4.98 Å². The zero-order valence-electron chi connectivity index (χ0n) is 14.7. The van der Waals surface area contributed by atoms with Crippen LogP contribution in [0.25, 0.3) is 11.2 Å². The molecular formula is C15H17F2N5O5. The quantitative estimate of drug-likeness (QED) is 0.750. The Morgan fingerprint density at radius 3 is 2.74 bits per heavy atom. The number of aromatic amines is 1. The van der Waals surface area contributed by atoms with Crippen LogP contribution in [0.4, 0.5) is 14.7 Å². The number of H-pyrrole nitrogens is 1. The summed E-state index contributed by atoms with van der Waals surface area (Å²) in [4.78, 5) is 44.9. The standard InChI is InChI=1S/C15H17F2N5O5/c1-4-8-15(16,17)10(26-7(3)24)13(27-8)22-5-18-9-11(22)20-14(19-6(2)23)21-12(9)25/h5,8,10,13H,4H2,1-3H3,(H2,19,20,21,23,25)/t8-,10+,13-/m1/s1. The van der Waals surface area contributed by atoms with Gasteiger partial charge in [0.2, 0.25) is 18.0 Å². The second kappa shape index (κ2) is 6.68. The van der Waals surface area contributed by atoms with Crippen LogP contribution in [0.5, 0.6) is 0 Å². The van der Waals surface area contributed by atoms with E-state index in [-0.39, 0.29) is 23.5 Å². The number of ether oxygens (including phenoxy) is 2. The minimum atomic E-state index is -3.46. The fourth-order valence-electron chi connectivity index (χ4n) is 2.94. The molecule has 2 aromatic heterocycles. The van der Waals surface area contributed by atoms with E-state index in [0.29, 0.717) is 0 Å². The second-order valence-corrected chi connectivity index (χ2v) is 6.05. The van der Waals surface area contributed by atoms with E-state index in [9.17, 15) is 23.2 Å². The van der Waals surface area contributed by atoms with Crippen LogP contribution in [-0.2, 0) is 19.1 Å². The Morgan fingerprint density at radius 1 is 1.44 bits per heavy atom. The number of fused-ring (bicyclic) bond motifs is 1. The molecule has 10 nitrogen and oxygen atoms in total. The SMILES string of the molecule is CC[C@H]1O[C@@H](n2cnc3c(=O)[nH]c(NC(C)=O)nc32)[C@H](OC(C)=O)C1(F)F. The summed E-state index contributed by atoms with van der Waals surface area (Å²) in [5, 5.41) is 2.30. The number of carbonyl (C=O) groups is 2. The Hall–Kier alpha value is -2.89. The summed E-state index contributed by atoms with van der Waals surface area (Å²) in [7, 11) is 0. The number of carbonyl (C=O) groups excluding carboxylic acids is 2. The van der Waals surface area contributed by atoms with Crippen LogP contribution in [0, 0.1) is 0 Å². The van der Waals surface area contributed by atoms with Crippen molar-refractivity contribution in [2.24, 2.45) is 0 Å². The van der Waals surface area contributed by atoms with E-state index in [0.717, 1.165) is 17.8 Å². The first-order valence-electron chi connectivity index (χ1n) is 8.10. The number of nitrogens with zero attached hydrogens (tertiary/aromatic N) is 3. The van der Waals surface area contributed by atoms with E-state index in [1.807, 2.05) is 0 Å². The number of nitrogens with one attached hydrogen (secondary N) is 2. The van der Waals surface area contributed by atoms with Crippen molar-refractivity contribution in [2.45, 2.75) is 51.6 Å². The number of hydrogen-bond donors (Lipinski definition) is 2. The zero-order valence-corrected chi connectivity index (χ0v) is 14.7. The predicted octanol–water partition coefficient (Wildman–Crippen LogP) is 0.952. The summed E-state index contributed by atoms with van der Waals surface area (Å²) in [6, 6.07) is 0. The molecule has 1 amide bonds. The van der Waals surface area contributed by atoms with E-state index in [1.54, 1.807) is 0 Å². The third-order valence-electron chi connectivity index (χ3n) is 4.04. The molecule has 1 aliphatic rings. The maximum atomic E-state index is 14.6. The molecule has 1 aliphatic heterocycles. The lowest BCUT2D eigenvalue weighted by atomic mass is 10.1. The minimum Gasteiger partial charge on any atom is -0.451 e. The molecule has 2 N–H and O–H groups in total. The normalized spacial score (nSPS) is 24.1. The highest BCUT2D eigenvalue weighted by Gasteiger charge is 2.61. The van der Waals surface area contributed by atoms with E-state index in [1.165, 1.54) is 13.8 Å². The lowest BCUT2D eigenvalue weighted by Crippen LogP contribution is -2.41. The Bertz CT molecular complexity index is 956. The van der Waals surface area contributed by atoms with Gasteiger partial charge in [0.15, 0.2) is 17.4 Å². The van der Waals surface area contributed by atoms with Gasteiger partial charge in [-0.05, 0) is 6.42 Å². The summed E-state index contributed by atoms with van der Waals surface area (Å²) in [5.74, 6) is -5.03. The number of alkyl halides is 2. The number of hydrogen-bond acceptors (Lipinski definition) is 7. The number of anilines is 1. The van der Waals surface area contributed by atoms with Gasteiger partial charge in [0, 0.05) is 13.8 Å². The molecule has 2 aromatic rings. The van der Waals surface area contributed by atoms with Gasteiger partial charge in [0.05, 0.1) is 6.33 Å². The summed E-state index contributed by atoms with van der Waals surface area (Å²) < 4.78 is 40.6. The van der Waals surface area contributed by atoms with Crippen LogP contribution in [0.15, 0.2) is 11.1 Å². The van der Waals surface area contributed by atoms with Gasteiger partial charge in [-0.1, -0.05) is 6.92 Å². The molecule has 0 radical (unpaired) electrons. The molecule has 0 aliphatic carbocycles. The summed E-state index contributed by atoms with van der Waals surface area (Å²) in [6.07, 6.45) is -3.80. The number of rotatable bonds is 4. The zero-order chi connectivity index (χ0) is 19.9. The van der Waals surface area contributed by atoms with Crippen LogP contribution in [-0.4, -0.2) is 49.5 Å². The molecule has 0 spiro atoms. The summed E-state index contributed by atoms with van der Waals surface area (Å²) in [5.41, 5.74) is -0.918. The Labute approximate surface area is 150 Å². The second-order valence-electron chi connectivity index (χ2n) is 6.05. The van der Waals surface area contributed by atoms with Crippen molar-refractivity contribution in [2.75, 3.05) is 5.32 Å². The van der Waals surface area contributed by atoms with E-state index in [2.05, 4.69) is 20.3 Å². The van der Waals surface area contributed by atoms with Crippen molar-refractivity contribution in [1.82, 2.24) is 19.5 Å². The van der Waals surface area contributed by atoms with Gasteiger partial charge in [-0.15, -0.1) is 0 Å². The molecule has 0 aromatic carbocycles.